The van der Waals surface area contributed by atoms with Crippen LogP contribution in [0.3, 0.4) is 0 Å². The maximum Gasteiger partial charge on any atom is 0.00176 e. The minimum absolute atomic E-state index is 0.557. The lowest BCUT2D eigenvalue weighted by Crippen LogP contribution is -2.33. The van der Waals surface area contributed by atoms with Crippen molar-refractivity contribution < 1.29 is 0 Å². The predicted octanol–water partition coefficient (Wildman–Crippen LogP) is 2.61. The van der Waals surface area contributed by atoms with E-state index in [2.05, 4.69) is 56.4 Å². The van der Waals surface area contributed by atoms with Gasteiger partial charge in [0.15, 0.2) is 0 Å². The standard InChI is InChI=1S/C15H26N2/c1-12(2)15(9-16)11-17-10-13(3)14-7-5-4-6-8-14/h4-8,12-13,15,17H,9-11,16H2,1-3H3. The smallest absolute Gasteiger partial charge is 0.00176 e. The monoisotopic (exact) mass is 234 g/mol. The minimum atomic E-state index is 0.557. The molecule has 1 aromatic rings. The van der Waals surface area contributed by atoms with E-state index >= 15 is 0 Å². The van der Waals surface area contributed by atoms with Crippen LogP contribution >= 0.6 is 0 Å². The fourth-order valence-corrected chi connectivity index (χ4v) is 1.98. The van der Waals surface area contributed by atoms with Gasteiger partial charge in [-0.2, -0.15) is 0 Å². The molecular weight excluding hydrogens is 208 g/mol. The number of rotatable bonds is 7. The third kappa shape index (κ3) is 4.88. The van der Waals surface area contributed by atoms with Crippen LogP contribution < -0.4 is 11.1 Å². The molecule has 0 heterocycles. The molecule has 3 N–H and O–H groups in total. The van der Waals surface area contributed by atoms with E-state index in [1.165, 1.54) is 5.56 Å². The van der Waals surface area contributed by atoms with Crippen molar-refractivity contribution in [1.29, 1.82) is 0 Å². The summed E-state index contributed by atoms with van der Waals surface area (Å²) in [5.74, 6) is 1.79. The summed E-state index contributed by atoms with van der Waals surface area (Å²) in [6.07, 6.45) is 0. The van der Waals surface area contributed by atoms with Gasteiger partial charge < -0.3 is 11.1 Å². The molecule has 1 rings (SSSR count). The SMILES string of the molecule is CC(CNCC(CN)C(C)C)c1ccccc1. The average molecular weight is 234 g/mol. The van der Waals surface area contributed by atoms with E-state index in [0.717, 1.165) is 19.6 Å². The van der Waals surface area contributed by atoms with Crippen LogP contribution in [0.2, 0.25) is 0 Å². The third-order valence-electron chi connectivity index (χ3n) is 3.47. The Bertz CT molecular complexity index is 295. The molecular formula is C15H26N2. The highest BCUT2D eigenvalue weighted by atomic mass is 14.9. The Morgan fingerprint density at radius 2 is 1.71 bits per heavy atom. The number of nitrogens with two attached hydrogens (primary N) is 1. The third-order valence-corrected chi connectivity index (χ3v) is 3.47. The van der Waals surface area contributed by atoms with E-state index in [9.17, 15) is 0 Å². The highest BCUT2D eigenvalue weighted by Gasteiger charge is 2.11. The molecule has 2 nitrogen and oxygen atoms in total. The maximum atomic E-state index is 5.76. The lowest BCUT2D eigenvalue weighted by Gasteiger charge is -2.21. The van der Waals surface area contributed by atoms with Crippen molar-refractivity contribution in [3.05, 3.63) is 35.9 Å². The zero-order valence-electron chi connectivity index (χ0n) is 11.3. The van der Waals surface area contributed by atoms with Gasteiger partial charge >= 0.3 is 0 Å². The van der Waals surface area contributed by atoms with Crippen molar-refractivity contribution >= 4 is 0 Å². The van der Waals surface area contributed by atoms with Gasteiger partial charge in [0.05, 0.1) is 0 Å². The topological polar surface area (TPSA) is 38.0 Å². The summed E-state index contributed by atoms with van der Waals surface area (Å²) in [6, 6.07) is 10.6. The van der Waals surface area contributed by atoms with Gasteiger partial charge in [-0.25, -0.2) is 0 Å². The van der Waals surface area contributed by atoms with Crippen LogP contribution in [0.4, 0.5) is 0 Å². The van der Waals surface area contributed by atoms with Crippen LogP contribution in [-0.4, -0.2) is 19.6 Å². The molecule has 0 saturated heterocycles. The largest absolute Gasteiger partial charge is 0.330 e. The Balaban J connectivity index is 2.31. The summed E-state index contributed by atoms with van der Waals surface area (Å²) in [6.45, 7) is 9.54. The van der Waals surface area contributed by atoms with Crippen molar-refractivity contribution in [3.8, 4) is 0 Å². The highest BCUT2D eigenvalue weighted by molar-refractivity contribution is 5.18. The highest BCUT2D eigenvalue weighted by Crippen LogP contribution is 2.13. The first-order valence-electron chi connectivity index (χ1n) is 6.60. The van der Waals surface area contributed by atoms with E-state index in [1.807, 2.05) is 0 Å². The van der Waals surface area contributed by atoms with E-state index in [1.54, 1.807) is 0 Å². The number of benzene rings is 1. The molecule has 0 aliphatic heterocycles. The van der Waals surface area contributed by atoms with Crippen LogP contribution in [0.1, 0.15) is 32.3 Å². The van der Waals surface area contributed by atoms with Crippen molar-refractivity contribution in [2.24, 2.45) is 17.6 Å². The molecule has 2 atom stereocenters. The summed E-state index contributed by atoms with van der Waals surface area (Å²) in [5.41, 5.74) is 7.16. The summed E-state index contributed by atoms with van der Waals surface area (Å²) >= 11 is 0. The molecule has 96 valence electrons. The summed E-state index contributed by atoms with van der Waals surface area (Å²) in [4.78, 5) is 0. The van der Waals surface area contributed by atoms with E-state index in [-0.39, 0.29) is 0 Å². The lowest BCUT2D eigenvalue weighted by molar-refractivity contribution is 0.368. The Morgan fingerprint density at radius 1 is 1.06 bits per heavy atom. The first kappa shape index (κ1) is 14.2. The summed E-state index contributed by atoms with van der Waals surface area (Å²) in [5, 5.41) is 3.54. The van der Waals surface area contributed by atoms with Crippen LogP contribution in [0.15, 0.2) is 30.3 Å². The van der Waals surface area contributed by atoms with Crippen molar-refractivity contribution in [3.63, 3.8) is 0 Å². The zero-order valence-corrected chi connectivity index (χ0v) is 11.3. The van der Waals surface area contributed by atoms with Crippen molar-refractivity contribution in [2.45, 2.75) is 26.7 Å². The van der Waals surface area contributed by atoms with E-state index < -0.39 is 0 Å². The molecule has 0 spiro atoms. The molecule has 0 amide bonds. The molecule has 0 aliphatic rings. The Morgan fingerprint density at radius 3 is 2.24 bits per heavy atom. The molecule has 2 heteroatoms. The second kappa shape index (κ2) is 7.46. The quantitative estimate of drug-likeness (QED) is 0.761. The van der Waals surface area contributed by atoms with Crippen LogP contribution in [0, 0.1) is 11.8 Å². The number of nitrogens with one attached hydrogen (secondary N) is 1. The van der Waals surface area contributed by atoms with Gasteiger partial charge in [0, 0.05) is 6.54 Å². The van der Waals surface area contributed by atoms with Gasteiger partial charge in [-0.1, -0.05) is 51.1 Å². The summed E-state index contributed by atoms with van der Waals surface area (Å²) in [7, 11) is 0. The Hall–Kier alpha value is -0.860. The Kier molecular flexibility index (Phi) is 6.23. The average Bonchev–Trinajstić information content (AvgIpc) is 2.35. The van der Waals surface area contributed by atoms with Crippen LogP contribution in [-0.2, 0) is 0 Å². The predicted molar refractivity (Wildman–Crippen MR) is 75.1 cm³/mol. The second-order valence-corrected chi connectivity index (χ2v) is 5.21. The van der Waals surface area contributed by atoms with Gasteiger partial charge in [0.25, 0.3) is 0 Å². The van der Waals surface area contributed by atoms with E-state index in [0.29, 0.717) is 17.8 Å². The van der Waals surface area contributed by atoms with Gasteiger partial charge in [0.1, 0.15) is 0 Å². The van der Waals surface area contributed by atoms with Gasteiger partial charge in [-0.15, -0.1) is 0 Å². The Labute approximate surface area is 106 Å². The normalized spacial score (nSPS) is 14.9. The number of hydrogen-bond donors (Lipinski definition) is 2. The van der Waals surface area contributed by atoms with Crippen LogP contribution in [0.5, 0.6) is 0 Å². The first-order valence-corrected chi connectivity index (χ1v) is 6.60. The molecule has 0 bridgehead atoms. The fraction of sp³-hybridized carbons (Fsp3) is 0.600. The molecule has 2 unspecified atom stereocenters. The molecule has 0 radical (unpaired) electrons. The molecule has 0 fully saturated rings. The fourth-order valence-electron chi connectivity index (χ4n) is 1.98. The van der Waals surface area contributed by atoms with Crippen molar-refractivity contribution in [1.82, 2.24) is 5.32 Å². The lowest BCUT2D eigenvalue weighted by atomic mass is 9.95. The zero-order chi connectivity index (χ0) is 12.7. The van der Waals surface area contributed by atoms with Gasteiger partial charge in [-0.3, -0.25) is 0 Å². The van der Waals surface area contributed by atoms with Crippen LogP contribution in [0.25, 0.3) is 0 Å². The van der Waals surface area contributed by atoms with E-state index in [4.69, 9.17) is 5.73 Å². The van der Waals surface area contributed by atoms with Gasteiger partial charge in [-0.05, 0) is 36.4 Å². The molecule has 1 aromatic carbocycles. The maximum absolute atomic E-state index is 5.76. The van der Waals surface area contributed by atoms with Gasteiger partial charge in [0.2, 0.25) is 0 Å². The second-order valence-electron chi connectivity index (χ2n) is 5.21. The first-order chi connectivity index (χ1) is 8.15. The number of hydrogen-bond acceptors (Lipinski definition) is 2. The molecule has 0 aromatic heterocycles. The minimum Gasteiger partial charge on any atom is -0.330 e. The summed E-state index contributed by atoms with van der Waals surface area (Å²) < 4.78 is 0. The molecule has 17 heavy (non-hydrogen) atoms. The molecule has 0 saturated carbocycles. The molecule has 0 aliphatic carbocycles. The van der Waals surface area contributed by atoms with Crippen molar-refractivity contribution in [2.75, 3.05) is 19.6 Å².